The van der Waals surface area contributed by atoms with Crippen LogP contribution in [0.15, 0.2) is 46.0 Å². The number of rotatable bonds is 4. The number of nitrogens with zero attached hydrogens (tertiary/aromatic N) is 2. The second-order valence-corrected chi connectivity index (χ2v) is 6.67. The number of aliphatic imine (C=N–C) groups is 1. The molecule has 2 aromatic rings. The Morgan fingerprint density at radius 1 is 1.18 bits per heavy atom. The predicted octanol–water partition coefficient (Wildman–Crippen LogP) is 4.75. The predicted molar refractivity (Wildman–Crippen MR) is 112 cm³/mol. The van der Waals surface area contributed by atoms with E-state index in [-0.39, 0.29) is 42.9 Å². The topological polar surface area (TPSA) is 62.5 Å². The Labute approximate surface area is 179 Å². The van der Waals surface area contributed by atoms with Crippen molar-refractivity contribution in [3.63, 3.8) is 0 Å². The molecule has 0 bridgehead atoms. The summed E-state index contributed by atoms with van der Waals surface area (Å²) in [4.78, 5) is 8.58. The highest BCUT2D eigenvalue weighted by Crippen LogP contribution is 2.37. The van der Waals surface area contributed by atoms with Gasteiger partial charge in [-0.05, 0) is 37.8 Å². The van der Waals surface area contributed by atoms with E-state index in [4.69, 9.17) is 4.42 Å². The van der Waals surface area contributed by atoms with Gasteiger partial charge >= 0.3 is 6.18 Å². The quantitative estimate of drug-likeness (QED) is 0.356. The smallest absolute Gasteiger partial charge is 0.391 e. The maximum Gasteiger partial charge on any atom is 0.391 e. The number of halogens is 4. The molecule has 28 heavy (non-hydrogen) atoms. The van der Waals surface area contributed by atoms with Gasteiger partial charge in [-0.15, -0.1) is 24.0 Å². The van der Waals surface area contributed by atoms with Gasteiger partial charge in [0.05, 0.1) is 18.2 Å². The molecule has 3 rings (SSSR count). The van der Waals surface area contributed by atoms with Crippen molar-refractivity contribution in [2.75, 3.05) is 7.05 Å². The van der Waals surface area contributed by atoms with Crippen molar-refractivity contribution < 1.29 is 17.6 Å². The summed E-state index contributed by atoms with van der Waals surface area (Å²) in [5, 5.41) is 6.33. The maximum atomic E-state index is 12.8. The van der Waals surface area contributed by atoms with Gasteiger partial charge in [0.2, 0.25) is 5.89 Å². The molecule has 0 atom stereocenters. The van der Waals surface area contributed by atoms with Crippen molar-refractivity contribution in [3.05, 3.63) is 42.3 Å². The number of aromatic nitrogens is 1. The molecule has 0 aliphatic heterocycles. The molecule has 1 aliphatic rings. The number of hydrogen-bond acceptors (Lipinski definition) is 3. The molecule has 0 unspecified atom stereocenters. The van der Waals surface area contributed by atoms with Gasteiger partial charge in [-0.25, -0.2) is 4.98 Å². The molecule has 1 aromatic carbocycles. The van der Waals surface area contributed by atoms with Gasteiger partial charge < -0.3 is 15.1 Å². The van der Waals surface area contributed by atoms with Gasteiger partial charge in [0.15, 0.2) is 5.96 Å². The van der Waals surface area contributed by atoms with Crippen LogP contribution in [0.2, 0.25) is 0 Å². The number of hydrogen-bond donors (Lipinski definition) is 2. The van der Waals surface area contributed by atoms with Crippen LogP contribution < -0.4 is 10.6 Å². The molecule has 0 amide bonds. The van der Waals surface area contributed by atoms with Crippen LogP contribution in [0.3, 0.4) is 0 Å². The normalized spacial score (nSPS) is 20.4. The van der Waals surface area contributed by atoms with Crippen LogP contribution in [0.5, 0.6) is 0 Å². The van der Waals surface area contributed by atoms with E-state index in [1.807, 2.05) is 30.3 Å². The zero-order chi connectivity index (χ0) is 19.3. The summed E-state index contributed by atoms with van der Waals surface area (Å²) in [5.41, 5.74) is 1.62. The minimum atomic E-state index is -4.09. The van der Waals surface area contributed by atoms with Crippen LogP contribution in [0.1, 0.15) is 31.4 Å². The minimum absolute atomic E-state index is 0. The Bertz CT molecular complexity index is 756. The van der Waals surface area contributed by atoms with Crippen molar-refractivity contribution in [1.82, 2.24) is 15.6 Å². The van der Waals surface area contributed by atoms with Gasteiger partial charge in [0.1, 0.15) is 6.26 Å². The molecule has 9 heteroatoms. The lowest BCUT2D eigenvalue weighted by molar-refractivity contribution is -0.182. The fourth-order valence-electron chi connectivity index (χ4n) is 3.23. The van der Waals surface area contributed by atoms with E-state index in [2.05, 4.69) is 20.6 Å². The summed E-state index contributed by atoms with van der Waals surface area (Å²) in [6.45, 7) is 0.411. The average molecular weight is 508 g/mol. The fraction of sp³-hybridized carbons (Fsp3) is 0.474. The van der Waals surface area contributed by atoms with E-state index in [9.17, 15) is 13.2 Å². The van der Waals surface area contributed by atoms with Gasteiger partial charge in [-0.2, -0.15) is 13.2 Å². The zero-order valence-corrected chi connectivity index (χ0v) is 17.8. The molecule has 1 saturated carbocycles. The Hall–Kier alpha value is -1.78. The minimum Gasteiger partial charge on any atom is -0.444 e. The molecule has 1 fully saturated rings. The van der Waals surface area contributed by atoms with Crippen LogP contribution in [0.4, 0.5) is 13.2 Å². The maximum absolute atomic E-state index is 12.8. The van der Waals surface area contributed by atoms with E-state index in [1.165, 1.54) is 0 Å². The number of nitrogens with one attached hydrogen (secondary N) is 2. The Morgan fingerprint density at radius 2 is 1.86 bits per heavy atom. The first-order valence-electron chi connectivity index (χ1n) is 8.99. The third-order valence-corrected chi connectivity index (χ3v) is 4.76. The number of benzene rings is 1. The molecule has 5 nitrogen and oxygen atoms in total. The van der Waals surface area contributed by atoms with Crippen LogP contribution in [0.25, 0.3) is 11.5 Å². The van der Waals surface area contributed by atoms with Gasteiger partial charge in [-0.1, -0.05) is 18.2 Å². The first-order valence-corrected chi connectivity index (χ1v) is 8.99. The molecular formula is C19H24F3IN4O. The molecule has 2 N–H and O–H groups in total. The van der Waals surface area contributed by atoms with Crippen LogP contribution in [-0.2, 0) is 6.54 Å². The molecule has 154 valence electrons. The van der Waals surface area contributed by atoms with E-state index in [1.54, 1.807) is 13.3 Å². The summed E-state index contributed by atoms with van der Waals surface area (Å²) in [5.74, 6) is -0.0902. The van der Waals surface area contributed by atoms with Crippen LogP contribution >= 0.6 is 24.0 Å². The van der Waals surface area contributed by atoms with Crippen molar-refractivity contribution >= 4 is 29.9 Å². The first-order chi connectivity index (χ1) is 13.0. The Morgan fingerprint density at radius 3 is 2.46 bits per heavy atom. The van der Waals surface area contributed by atoms with E-state index in [0.29, 0.717) is 31.2 Å². The van der Waals surface area contributed by atoms with Crippen LogP contribution in [-0.4, -0.2) is 30.2 Å². The fourth-order valence-corrected chi connectivity index (χ4v) is 3.23. The standard InChI is InChI=1S/C19H23F3N4O.HI/c1-23-18(26-15-9-7-14(8-10-15)19(20,21)22)24-11-16-12-27-17(25-16)13-5-3-2-4-6-13;/h2-6,12,14-15H,7-11H2,1H3,(H2,23,24,26);1H. The van der Waals surface area contributed by atoms with Crippen molar-refractivity contribution in [1.29, 1.82) is 0 Å². The number of alkyl halides is 3. The molecule has 1 aliphatic carbocycles. The lowest BCUT2D eigenvalue weighted by Crippen LogP contribution is -2.45. The lowest BCUT2D eigenvalue weighted by atomic mass is 9.85. The molecule has 0 saturated heterocycles. The highest BCUT2D eigenvalue weighted by molar-refractivity contribution is 14.0. The second kappa shape index (κ2) is 10.1. The van der Waals surface area contributed by atoms with E-state index < -0.39 is 12.1 Å². The SMILES string of the molecule is CN=C(NCc1coc(-c2ccccc2)n1)NC1CCC(C(F)(F)F)CC1.I. The molecule has 1 aromatic heterocycles. The third kappa shape index (κ3) is 6.11. The van der Waals surface area contributed by atoms with Crippen molar-refractivity contribution in [3.8, 4) is 11.5 Å². The second-order valence-electron chi connectivity index (χ2n) is 6.67. The molecular weight excluding hydrogens is 484 g/mol. The number of oxazole rings is 1. The van der Waals surface area contributed by atoms with Crippen molar-refractivity contribution in [2.45, 2.75) is 44.4 Å². The summed E-state index contributed by atoms with van der Waals surface area (Å²) in [6, 6.07) is 9.58. The van der Waals surface area contributed by atoms with E-state index >= 15 is 0 Å². The third-order valence-electron chi connectivity index (χ3n) is 4.76. The summed E-state index contributed by atoms with van der Waals surface area (Å²) in [6.07, 6.45) is -1.24. The largest absolute Gasteiger partial charge is 0.444 e. The Balaban J connectivity index is 0.00000280. The molecule has 1 heterocycles. The zero-order valence-electron chi connectivity index (χ0n) is 15.5. The van der Waals surface area contributed by atoms with Crippen molar-refractivity contribution in [2.24, 2.45) is 10.9 Å². The highest BCUT2D eigenvalue weighted by Gasteiger charge is 2.41. The summed E-state index contributed by atoms with van der Waals surface area (Å²) >= 11 is 0. The summed E-state index contributed by atoms with van der Waals surface area (Å²) in [7, 11) is 1.63. The van der Waals surface area contributed by atoms with Gasteiger partial charge in [0.25, 0.3) is 0 Å². The first kappa shape index (κ1) is 22.5. The van der Waals surface area contributed by atoms with Gasteiger partial charge in [-0.3, -0.25) is 4.99 Å². The molecule has 0 spiro atoms. The molecule has 0 radical (unpaired) electrons. The highest BCUT2D eigenvalue weighted by atomic mass is 127. The summed E-state index contributed by atoms with van der Waals surface area (Å²) < 4.78 is 43.8. The van der Waals surface area contributed by atoms with Gasteiger partial charge in [0, 0.05) is 18.7 Å². The Kier molecular flexibility index (Phi) is 8.14. The van der Waals surface area contributed by atoms with E-state index in [0.717, 1.165) is 11.3 Å². The number of guanidine groups is 1. The van der Waals surface area contributed by atoms with Crippen LogP contribution in [0, 0.1) is 5.92 Å². The monoisotopic (exact) mass is 508 g/mol. The average Bonchev–Trinajstić information content (AvgIpc) is 3.14. The lowest BCUT2D eigenvalue weighted by Gasteiger charge is -2.31.